The van der Waals surface area contributed by atoms with Crippen molar-refractivity contribution in [2.45, 2.75) is 25.3 Å². The maximum Gasteiger partial charge on any atom is 0.101 e. The zero-order valence-corrected chi connectivity index (χ0v) is 9.69. The highest BCUT2D eigenvalue weighted by atomic mass is 15.0. The van der Waals surface area contributed by atoms with Crippen molar-refractivity contribution in [2.24, 2.45) is 5.92 Å². The summed E-state index contributed by atoms with van der Waals surface area (Å²) >= 11 is 0. The fraction of sp³-hybridized carbons (Fsp3) is 0.429. The summed E-state index contributed by atoms with van der Waals surface area (Å²) < 4.78 is 0. The molecule has 1 aliphatic heterocycles. The molecule has 0 saturated carbocycles. The molecule has 0 aromatic carbocycles. The van der Waals surface area contributed by atoms with E-state index in [-0.39, 0.29) is 0 Å². The molecular formula is C14H15N3. The molecule has 1 aliphatic carbocycles. The highest BCUT2D eigenvalue weighted by Gasteiger charge is 2.29. The van der Waals surface area contributed by atoms with Crippen molar-refractivity contribution in [3.63, 3.8) is 0 Å². The van der Waals surface area contributed by atoms with Crippen LogP contribution in [0.1, 0.15) is 30.4 Å². The van der Waals surface area contributed by atoms with Crippen molar-refractivity contribution in [1.82, 2.24) is 10.3 Å². The molecule has 1 fully saturated rings. The molecule has 1 N–H and O–H groups in total. The number of rotatable bonds is 1. The van der Waals surface area contributed by atoms with Gasteiger partial charge in [0.05, 0.1) is 5.56 Å². The normalized spacial score (nSPS) is 27.1. The molecule has 0 bridgehead atoms. The number of pyridine rings is 1. The summed E-state index contributed by atoms with van der Waals surface area (Å²) in [6.07, 6.45) is 9.33. The minimum Gasteiger partial charge on any atom is -0.313 e. The summed E-state index contributed by atoms with van der Waals surface area (Å²) in [6.45, 7) is 1.15. The quantitative estimate of drug-likeness (QED) is 0.796. The molecule has 86 valence electrons. The SMILES string of the molecule is N#Cc1cncc(C2=CC[C@@H]3CCN[C@@H]3C2)c1. The number of aromatic nitrogens is 1. The van der Waals surface area contributed by atoms with E-state index in [2.05, 4.69) is 22.4 Å². The van der Waals surface area contributed by atoms with E-state index in [0.29, 0.717) is 11.6 Å². The molecule has 2 aliphatic rings. The van der Waals surface area contributed by atoms with E-state index in [4.69, 9.17) is 5.26 Å². The standard InChI is InChI=1S/C14H15N3/c15-7-10-5-13(9-16-8-10)12-2-1-11-3-4-17-14(11)6-12/h2,5,8-9,11,14,17H,1,3-4,6H2/t11-,14-/m1/s1. The van der Waals surface area contributed by atoms with Crippen LogP contribution in [0.25, 0.3) is 5.57 Å². The molecule has 3 nitrogen and oxygen atoms in total. The Kier molecular flexibility index (Phi) is 2.66. The molecule has 3 rings (SSSR count). The second kappa shape index (κ2) is 4.31. The molecule has 3 heteroatoms. The number of nitriles is 1. The fourth-order valence-corrected chi connectivity index (χ4v) is 2.87. The molecule has 17 heavy (non-hydrogen) atoms. The lowest BCUT2D eigenvalue weighted by atomic mass is 9.83. The summed E-state index contributed by atoms with van der Waals surface area (Å²) in [5, 5.41) is 12.4. The van der Waals surface area contributed by atoms with Crippen LogP contribution in [0.3, 0.4) is 0 Å². The van der Waals surface area contributed by atoms with Gasteiger partial charge in [0.15, 0.2) is 0 Å². The molecule has 1 aromatic heterocycles. The lowest BCUT2D eigenvalue weighted by molar-refractivity contribution is 0.445. The third kappa shape index (κ3) is 1.96. The first kappa shape index (κ1) is 10.5. The van der Waals surface area contributed by atoms with E-state index in [1.807, 2.05) is 12.3 Å². The Morgan fingerprint density at radius 1 is 1.41 bits per heavy atom. The van der Waals surface area contributed by atoms with Gasteiger partial charge < -0.3 is 5.32 Å². The van der Waals surface area contributed by atoms with Crippen LogP contribution >= 0.6 is 0 Å². The number of nitrogens with zero attached hydrogens (tertiary/aromatic N) is 2. The van der Waals surface area contributed by atoms with E-state index < -0.39 is 0 Å². The van der Waals surface area contributed by atoms with Crippen LogP contribution < -0.4 is 5.32 Å². The second-order valence-corrected chi connectivity index (χ2v) is 4.85. The van der Waals surface area contributed by atoms with Crippen LogP contribution in [0.15, 0.2) is 24.5 Å². The van der Waals surface area contributed by atoms with Crippen molar-refractivity contribution in [3.05, 3.63) is 35.7 Å². The third-order valence-corrected chi connectivity index (χ3v) is 3.84. The van der Waals surface area contributed by atoms with Gasteiger partial charge >= 0.3 is 0 Å². The first-order valence-electron chi connectivity index (χ1n) is 6.15. The van der Waals surface area contributed by atoms with Gasteiger partial charge in [-0.2, -0.15) is 5.26 Å². The van der Waals surface area contributed by atoms with E-state index in [0.717, 1.165) is 30.9 Å². The van der Waals surface area contributed by atoms with Gasteiger partial charge in [0.1, 0.15) is 6.07 Å². The number of hydrogen-bond donors (Lipinski definition) is 1. The van der Waals surface area contributed by atoms with Crippen molar-refractivity contribution in [3.8, 4) is 6.07 Å². The average Bonchev–Trinajstić information content (AvgIpc) is 2.86. The summed E-state index contributed by atoms with van der Waals surface area (Å²) in [7, 11) is 0. The van der Waals surface area contributed by atoms with Gasteiger partial charge in [-0.25, -0.2) is 0 Å². The molecule has 2 atom stereocenters. The molecule has 1 aromatic rings. The lowest BCUT2D eigenvalue weighted by Gasteiger charge is -2.25. The van der Waals surface area contributed by atoms with Crippen molar-refractivity contribution in [1.29, 1.82) is 5.26 Å². The van der Waals surface area contributed by atoms with Gasteiger partial charge in [0, 0.05) is 18.4 Å². The van der Waals surface area contributed by atoms with Gasteiger partial charge in [-0.3, -0.25) is 4.98 Å². The zero-order valence-electron chi connectivity index (χ0n) is 9.69. The van der Waals surface area contributed by atoms with Gasteiger partial charge in [-0.15, -0.1) is 0 Å². The molecule has 0 radical (unpaired) electrons. The van der Waals surface area contributed by atoms with E-state index in [1.54, 1.807) is 6.20 Å². The first-order chi connectivity index (χ1) is 8.36. The second-order valence-electron chi connectivity index (χ2n) is 4.85. The number of fused-ring (bicyclic) bond motifs is 1. The Bertz CT molecular complexity index is 498. The van der Waals surface area contributed by atoms with Crippen LogP contribution in [-0.4, -0.2) is 17.6 Å². The third-order valence-electron chi connectivity index (χ3n) is 3.84. The van der Waals surface area contributed by atoms with Crippen LogP contribution in [0.4, 0.5) is 0 Å². The van der Waals surface area contributed by atoms with E-state index in [9.17, 15) is 0 Å². The summed E-state index contributed by atoms with van der Waals surface area (Å²) in [4.78, 5) is 4.13. The average molecular weight is 225 g/mol. The number of nitrogens with one attached hydrogen (secondary N) is 1. The molecule has 0 amide bonds. The maximum absolute atomic E-state index is 8.89. The first-order valence-corrected chi connectivity index (χ1v) is 6.15. The fourth-order valence-electron chi connectivity index (χ4n) is 2.87. The van der Waals surface area contributed by atoms with Gasteiger partial charge in [0.25, 0.3) is 0 Å². The smallest absolute Gasteiger partial charge is 0.101 e. The van der Waals surface area contributed by atoms with Crippen molar-refractivity contribution >= 4 is 5.57 Å². The molecule has 1 saturated heterocycles. The molecule has 0 spiro atoms. The Labute approximate surface area is 101 Å². The van der Waals surface area contributed by atoms with Crippen LogP contribution in [0.5, 0.6) is 0 Å². The summed E-state index contributed by atoms with van der Waals surface area (Å²) in [6, 6.07) is 4.71. The minimum atomic E-state index is 0.626. The van der Waals surface area contributed by atoms with Crippen LogP contribution in [0.2, 0.25) is 0 Å². The Morgan fingerprint density at radius 3 is 3.24 bits per heavy atom. The monoisotopic (exact) mass is 225 g/mol. The van der Waals surface area contributed by atoms with Crippen LogP contribution in [0, 0.1) is 17.2 Å². The Balaban J connectivity index is 1.87. The van der Waals surface area contributed by atoms with Crippen molar-refractivity contribution < 1.29 is 0 Å². The topological polar surface area (TPSA) is 48.7 Å². The number of hydrogen-bond acceptors (Lipinski definition) is 3. The molecule has 0 unspecified atom stereocenters. The largest absolute Gasteiger partial charge is 0.313 e. The molecular weight excluding hydrogens is 210 g/mol. The molecule has 2 heterocycles. The Morgan fingerprint density at radius 2 is 2.35 bits per heavy atom. The van der Waals surface area contributed by atoms with Gasteiger partial charge in [0.2, 0.25) is 0 Å². The Hall–Kier alpha value is -1.66. The lowest BCUT2D eigenvalue weighted by Crippen LogP contribution is -2.29. The highest BCUT2D eigenvalue weighted by Crippen LogP contribution is 2.34. The van der Waals surface area contributed by atoms with Gasteiger partial charge in [-0.05, 0) is 48.9 Å². The highest BCUT2D eigenvalue weighted by molar-refractivity contribution is 5.67. The van der Waals surface area contributed by atoms with Gasteiger partial charge in [-0.1, -0.05) is 6.08 Å². The predicted molar refractivity (Wildman–Crippen MR) is 66.1 cm³/mol. The van der Waals surface area contributed by atoms with E-state index >= 15 is 0 Å². The summed E-state index contributed by atoms with van der Waals surface area (Å²) in [5.41, 5.74) is 3.09. The predicted octanol–water partition coefficient (Wildman–Crippen LogP) is 2.11. The van der Waals surface area contributed by atoms with E-state index in [1.165, 1.54) is 12.0 Å². The zero-order chi connectivity index (χ0) is 11.7. The van der Waals surface area contributed by atoms with Crippen molar-refractivity contribution in [2.75, 3.05) is 6.54 Å². The maximum atomic E-state index is 8.89. The summed E-state index contributed by atoms with van der Waals surface area (Å²) in [5.74, 6) is 0.811. The number of allylic oxidation sites excluding steroid dienone is 1. The minimum absolute atomic E-state index is 0.626. The van der Waals surface area contributed by atoms with Crippen LogP contribution in [-0.2, 0) is 0 Å².